The van der Waals surface area contributed by atoms with Crippen LogP contribution in [0, 0.1) is 12.3 Å². The number of hydrogen-bond donors (Lipinski definition) is 1. The van der Waals surface area contributed by atoms with Gasteiger partial charge in [-0.1, -0.05) is 23.8 Å². The minimum atomic E-state index is -0.841. The number of rotatable bonds is 3. The van der Waals surface area contributed by atoms with Crippen LogP contribution in [0.3, 0.4) is 0 Å². The molecule has 1 N–H and O–H groups in total. The summed E-state index contributed by atoms with van der Waals surface area (Å²) in [6.07, 6.45) is 6.04. The van der Waals surface area contributed by atoms with Crippen molar-refractivity contribution in [1.82, 2.24) is 9.59 Å². The fourth-order valence-electron chi connectivity index (χ4n) is 0.909. The highest BCUT2D eigenvalue weighted by Crippen LogP contribution is 2.20. The largest absolute Gasteiger partial charge is 0.375 e. The second-order valence-electron chi connectivity index (χ2n) is 2.40. The molecule has 0 aliphatic heterocycles. The van der Waals surface area contributed by atoms with Gasteiger partial charge in [0.15, 0.2) is 6.10 Å². The molecule has 0 fully saturated rings. The molecule has 1 heterocycles. The molecule has 0 saturated heterocycles. The summed E-state index contributed by atoms with van der Waals surface area (Å²) in [4.78, 5) is 0.708. The second kappa shape index (κ2) is 4.19. The maximum absolute atomic E-state index is 9.32. The first-order valence-corrected chi connectivity index (χ1v) is 4.52. The Morgan fingerprint density at radius 1 is 1.75 bits per heavy atom. The average molecular weight is 182 g/mol. The van der Waals surface area contributed by atoms with E-state index in [1.54, 1.807) is 0 Å². The minimum absolute atomic E-state index is 0.708. The van der Waals surface area contributed by atoms with Crippen molar-refractivity contribution < 1.29 is 5.11 Å². The van der Waals surface area contributed by atoms with Crippen LogP contribution in [0.2, 0.25) is 0 Å². The fourth-order valence-corrected chi connectivity index (χ4v) is 1.55. The van der Waals surface area contributed by atoms with E-state index in [0.29, 0.717) is 4.88 Å². The summed E-state index contributed by atoms with van der Waals surface area (Å²) >= 11 is 1.17. The summed E-state index contributed by atoms with van der Waals surface area (Å²) in [5, 5.41) is 13.2. The fraction of sp³-hybridized carbons (Fsp3) is 0.500. The second-order valence-corrected chi connectivity index (χ2v) is 3.19. The molecule has 1 atom stereocenters. The molecule has 0 radical (unpaired) electrons. The van der Waals surface area contributed by atoms with Gasteiger partial charge in [-0.3, -0.25) is 0 Å². The van der Waals surface area contributed by atoms with Gasteiger partial charge in [0.2, 0.25) is 0 Å². The zero-order valence-corrected chi connectivity index (χ0v) is 7.64. The van der Waals surface area contributed by atoms with Crippen molar-refractivity contribution in [3.05, 3.63) is 10.6 Å². The number of aliphatic hydroxyl groups excluding tert-OH is 1. The number of aromatic nitrogens is 2. The van der Waals surface area contributed by atoms with Gasteiger partial charge < -0.3 is 5.11 Å². The Hall–Kier alpha value is -0.920. The van der Waals surface area contributed by atoms with Crippen LogP contribution < -0.4 is 0 Å². The summed E-state index contributed by atoms with van der Waals surface area (Å²) in [6.45, 7) is 2.05. The molecule has 0 amide bonds. The molecule has 0 spiro atoms. The molecule has 3 nitrogen and oxygen atoms in total. The van der Waals surface area contributed by atoms with E-state index in [1.807, 2.05) is 6.92 Å². The van der Waals surface area contributed by atoms with E-state index in [1.165, 1.54) is 11.5 Å². The van der Waals surface area contributed by atoms with Crippen molar-refractivity contribution in [2.45, 2.75) is 25.9 Å². The molecule has 0 aliphatic rings. The minimum Gasteiger partial charge on any atom is -0.375 e. The summed E-state index contributed by atoms with van der Waals surface area (Å²) in [6, 6.07) is 0. The normalized spacial score (nSPS) is 12.4. The average Bonchev–Trinajstić information content (AvgIpc) is 2.52. The number of aryl methyl sites for hydroxylation is 1. The quantitative estimate of drug-likeness (QED) is 0.713. The lowest BCUT2D eigenvalue weighted by atomic mass is 10.2. The van der Waals surface area contributed by atoms with Gasteiger partial charge in [0, 0.05) is 0 Å². The van der Waals surface area contributed by atoms with Crippen LogP contribution >= 0.6 is 11.5 Å². The Balaban J connectivity index is 2.85. The Morgan fingerprint density at radius 2 is 2.50 bits per heavy atom. The van der Waals surface area contributed by atoms with Crippen molar-refractivity contribution in [2.24, 2.45) is 0 Å². The summed E-state index contributed by atoms with van der Waals surface area (Å²) in [5.74, 6) is 2.25. The predicted octanol–water partition coefficient (Wildman–Crippen LogP) is 1.16. The third-order valence-corrected chi connectivity index (χ3v) is 2.30. The van der Waals surface area contributed by atoms with Crippen LogP contribution in [0.25, 0.3) is 0 Å². The first-order chi connectivity index (χ1) is 5.79. The molecule has 1 unspecified atom stereocenters. The van der Waals surface area contributed by atoms with E-state index >= 15 is 0 Å². The van der Waals surface area contributed by atoms with Crippen molar-refractivity contribution in [3.63, 3.8) is 0 Å². The molecule has 0 aliphatic carbocycles. The smallest absolute Gasteiger partial charge is 0.152 e. The van der Waals surface area contributed by atoms with Gasteiger partial charge in [0.1, 0.15) is 0 Å². The first-order valence-electron chi connectivity index (χ1n) is 3.75. The van der Waals surface area contributed by atoms with Crippen LogP contribution in [0.15, 0.2) is 0 Å². The first kappa shape index (κ1) is 9.17. The Labute approximate surface area is 75.6 Å². The van der Waals surface area contributed by atoms with Gasteiger partial charge in [-0.2, -0.15) is 0 Å². The lowest BCUT2D eigenvalue weighted by molar-refractivity contribution is 0.241. The highest BCUT2D eigenvalue weighted by atomic mass is 32.1. The van der Waals surface area contributed by atoms with Crippen LogP contribution in [-0.4, -0.2) is 14.7 Å². The zero-order valence-electron chi connectivity index (χ0n) is 6.82. The Kier molecular flexibility index (Phi) is 3.20. The topological polar surface area (TPSA) is 46.0 Å². The molecular weight excluding hydrogens is 172 g/mol. The van der Waals surface area contributed by atoms with Crippen LogP contribution in [0.4, 0.5) is 0 Å². The van der Waals surface area contributed by atoms with Crippen molar-refractivity contribution in [2.75, 3.05) is 0 Å². The lowest BCUT2D eigenvalue weighted by Crippen LogP contribution is -1.96. The van der Waals surface area contributed by atoms with Gasteiger partial charge in [0.25, 0.3) is 0 Å². The highest BCUT2D eigenvalue weighted by molar-refractivity contribution is 7.05. The molecule has 1 rings (SSSR count). The third kappa shape index (κ3) is 1.81. The monoisotopic (exact) mass is 182 g/mol. The van der Waals surface area contributed by atoms with Crippen LogP contribution in [-0.2, 0) is 6.42 Å². The number of aliphatic hydroxyl groups is 1. The Morgan fingerprint density at radius 3 is 3.08 bits per heavy atom. The van der Waals surface area contributed by atoms with Crippen LogP contribution in [0.5, 0.6) is 0 Å². The molecule has 0 saturated carbocycles. The molecular formula is C8H10N2OS. The van der Waals surface area contributed by atoms with Crippen molar-refractivity contribution in [1.29, 1.82) is 0 Å². The third-order valence-electron chi connectivity index (χ3n) is 1.48. The molecule has 12 heavy (non-hydrogen) atoms. The summed E-state index contributed by atoms with van der Waals surface area (Å²) in [5.41, 5.74) is 0.827. The molecule has 1 aromatic heterocycles. The van der Waals surface area contributed by atoms with Gasteiger partial charge >= 0.3 is 0 Å². The molecule has 64 valence electrons. The van der Waals surface area contributed by atoms with E-state index < -0.39 is 6.10 Å². The predicted molar refractivity (Wildman–Crippen MR) is 47.7 cm³/mol. The van der Waals surface area contributed by atoms with Gasteiger partial charge in [-0.15, -0.1) is 11.5 Å². The van der Waals surface area contributed by atoms with E-state index in [-0.39, 0.29) is 0 Å². The van der Waals surface area contributed by atoms with E-state index in [4.69, 9.17) is 6.42 Å². The zero-order chi connectivity index (χ0) is 8.97. The van der Waals surface area contributed by atoms with Gasteiger partial charge in [-0.05, 0) is 18.0 Å². The van der Waals surface area contributed by atoms with Crippen molar-refractivity contribution >= 4 is 11.5 Å². The Bertz CT molecular complexity index is 289. The summed E-state index contributed by atoms with van der Waals surface area (Å²) < 4.78 is 3.75. The summed E-state index contributed by atoms with van der Waals surface area (Å²) in [7, 11) is 0. The van der Waals surface area contributed by atoms with E-state index in [2.05, 4.69) is 15.5 Å². The van der Waals surface area contributed by atoms with E-state index in [9.17, 15) is 5.11 Å². The van der Waals surface area contributed by atoms with Gasteiger partial charge in [0.05, 0.1) is 10.6 Å². The van der Waals surface area contributed by atoms with Crippen LogP contribution in [0.1, 0.15) is 30.0 Å². The van der Waals surface area contributed by atoms with Gasteiger partial charge in [-0.25, -0.2) is 0 Å². The lowest BCUT2D eigenvalue weighted by Gasteiger charge is -1.99. The number of terminal acetylenes is 1. The maximum atomic E-state index is 9.32. The highest BCUT2D eigenvalue weighted by Gasteiger charge is 2.13. The van der Waals surface area contributed by atoms with E-state index in [0.717, 1.165) is 18.5 Å². The maximum Gasteiger partial charge on any atom is 0.152 e. The molecule has 0 bridgehead atoms. The molecule has 1 aromatic rings. The number of nitrogens with zero attached hydrogens (tertiary/aromatic N) is 2. The molecule has 4 heteroatoms. The molecule has 0 aromatic carbocycles. The van der Waals surface area contributed by atoms with Crippen molar-refractivity contribution in [3.8, 4) is 12.3 Å². The standard InChI is InChI=1S/C8H10N2OS/c1-3-5-6-8(7(11)4-2)12-10-9-6/h2,7,11H,3,5H2,1H3. The SMILES string of the molecule is C#CC(O)c1snnc1CCC. The number of hydrogen-bond acceptors (Lipinski definition) is 4.